The molecule has 0 aliphatic heterocycles. The van der Waals surface area contributed by atoms with Crippen molar-refractivity contribution in [3.63, 3.8) is 0 Å². The van der Waals surface area contributed by atoms with Crippen LogP contribution in [0.15, 0.2) is 18.3 Å². The summed E-state index contributed by atoms with van der Waals surface area (Å²) in [7, 11) is 3.42. The third-order valence-electron chi connectivity index (χ3n) is 2.71. The minimum Gasteiger partial charge on any atom is -0.385 e. The molecule has 0 aliphatic rings. The van der Waals surface area contributed by atoms with E-state index in [2.05, 4.69) is 9.88 Å². The lowest BCUT2D eigenvalue weighted by atomic mass is 10.2. The first kappa shape index (κ1) is 14.9. The molecule has 0 amide bonds. The van der Waals surface area contributed by atoms with Gasteiger partial charge in [-0.15, -0.1) is 0 Å². The maximum absolute atomic E-state index is 5.65. The Morgan fingerprint density at radius 3 is 2.67 bits per heavy atom. The summed E-state index contributed by atoms with van der Waals surface area (Å²) in [6.45, 7) is 3.69. The molecule has 5 heteroatoms. The van der Waals surface area contributed by atoms with Crippen molar-refractivity contribution in [3.05, 3.63) is 23.9 Å². The van der Waals surface area contributed by atoms with E-state index in [0.717, 1.165) is 37.5 Å². The molecule has 1 rings (SSSR count). The minimum absolute atomic E-state index is 0.533. The Hall–Kier alpha value is -1.17. The Labute approximate surface area is 109 Å². The number of methoxy groups -OCH3 is 2. The number of ether oxygens (including phenoxy) is 2. The highest BCUT2D eigenvalue weighted by atomic mass is 16.5. The van der Waals surface area contributed by atoms with Crippen LogP contribution in [0.3, 0.4) is 0 Å². The van der Waals surface area contributed by atoms with Gasteiger partial charge in [-0.2, -0.15) is 0 Å². The van der Waals surface area contributed by atoms with Crippen molar-refractivity contribution >= 4 is 5.82 Å². The molecule has 0 fully saturated rings. The molecule has 102 valence electrons. The van der Waals surface area contributed by atoms with Crippen LogP contribution in [0.4, 0.5) is 5.82 Å². The smallest absolute Gasteiger partial charge is 0.128 e. The molecular formula is C13H23N3O2. The highest BCUT2D eigenvalue weighted by Crippen LogP contribution is 2.12. The molecule has 0 unspecified atom stereocenters. The van der Waals surface area contributed by atoms with Crippen molar-refractivity contribution in [2.75, 3.05) is 45.4 Å². The SMILES string of the molecule is COCCCN(CCOC)c1cc(CN)ccn1. The summed E-state index contributed by atoms with van der Waals surface area (Å²) in [5.41, 5.74) is 6.74. The predicted octanol–water partition coefficient (Wildman–Crippen LogP) is 1.03. The molecule has 0 saturated heterocycles. The number of hydrogen-bond acceptors (Lipinski definition) is 5. The lowest BCUT2D eigenvalue weighted by Crippen LogP contribution is -2.29. The van der Waals surface area contributed by atoms with Gasteiger partial charge in [0.2, 0.25) is 0 Å². The van der Waals surface area contributed by atoms with Gasteiger partial charge >= 0.3 is 0 Å². The van der Waals surface area contributed by atoms with Crippen molar-refractivity contribution in [3.8, 4) is 0 Å². The summed E-state index contributed by atoms with van der Waals surface area (Å²) >= 11 is 0. The van der Waals surface area contributed by atoms with Crippen molar-refractivity contribution in [2.24, 2.45) is 5.73 Å². The van der Waals surface area contributed by atoms with E-state index in [9.17, 15) is 0 Å². The lowest BCUT2D eigenvalue weighted by Gasteiger charge is -2.23. The van der Waals surface area contributed by atoms with E-state index in [1.165, 1.54) is 0 Å². The first-order valence-corrected chi connectivity index (χ1v) is 6.19. The number of rotatable bonds is 9. The molecule has 0 spiro atoms. The highest BCUT2D eigenvalue weighted by molar-refractivity contribution is 5.40. The molecule has 2 N–H and O–H groups in total. The largest absolute Gasteiger partial charge is 0.385 e. The third kappa shape index (κ3) is 5.00. The molecule has 18 heavy (non-hydrogen) atoms. The van der Waals surface area contributed by atoms with E-state index in [0.29, 0.717) is 13.2 Å². The van der Waals surface area contributed by atoms with E-state index in [-0.39, 0.29) is 0 Å². The number of pyridine rings is 1. The lowest BCUT2D eigenvalue weighted by molar-refractivity contribution is 0.191. The van der Waals surface area contributed by atoms with Gasteiger partial charge in [0.1, 0.15) is 5.82 Å². The second-order valence-corrected chi connectivity index (χ2v) is 4.05. The summed E-state index contributed by atoms with van der Waals surface area (Å²) < 4.78 is 10.2. The third-order valence-corrected chi connectivity index (χ3v) is 2.71. The topological polar surface area (TPSA) is 60.6 Å². The van der Waals surface area contributed by atoms with Crippen molar-refractivity contribution < 1.29 is 9.47 Å². The summed E-state index contributed by atoms with van der Waals surface area (Å²) in [5, 5.41) is 0. The number of nitrogens with two attached hydrogens (primary N) is 1. The molecule has 0 radical (unpaired) electrons. The Balaban J connectivity index is 2.66. The molecule has 1 heterocycles. The number of hydrogen-bond donors (Lipinski definition) is 1. The van der Waals surface area contributed by atoms with Crippen LogP contribution in [0, 0.1) is 0 Å². The normalized spacial score (nSPS) is 10.6. The first-order chi connectivity index (χ1) is 8.81. The summed E-state index contributed by atoms with van der Waals surface area (Å²) in [6, 6.07) is 3.97. The molecular weight excluding hydrogens is 230 g/mol. The average Bonchev–Trinajstić information content (AvgIpc) is 2.42. The molecule has 5 nitrogen and oxygen atoms in total. The maximum Gasteiger partial charge on any atom is 0.128 e. The van der Waals surface area contributed by atoms with Gasteiger partial charge in [-0.3, -0.25) is 0 Å². The van der Waals surface area contributed by atoms with Gasteiger partial charge in [-0.05, 0) is 24.1 Å². The highest BCUT2D eigenvalue weighted by Gasteiger charge is 2.07. The van der Waals surface area contributed by atoms with Crippen LogP contribution < -0.4 is 10.6 Å². The Morgan fingerprint density at radius 2 is 2.00 bits per heavy atom. The van der Waals surface area contributed by atoms with Crippen LogP contribution in [0.5, 0.6) is 0 Å². The maximum atomic E-state index is 5.65. The first-order valence-electron chi connectivity index (χ1n) is 6.19. The molecule has 0 saturated carbocycles. The van der Waals surface area contributed by atoms with Gasteiger partial charge < -0.3 is 20.1 Å². The molecule has 1 aromatic rings. The molecule has 0 atom stereocenters. The van der Waals surface area contributed by atoms with Crippen molar-refractivity contribution in [2.45, 2.75) is 13.0 Å². The van der Waals surface area contributed by atoms with Crippen LogP contribution in [0.1, 0.15) is 12.0 Å². The van der Waals surface area contributed by atoms with Crippen molar-refractivity contribution in [1.82, 2.24) is 4.98 Å². The standard InChI is InChI=1S/C13H23N3O2/c1-17-8-3-6-16(7-9-18-2)13-10-12(11-14)4-5-15-13/h4-5,10H,3,6-9,11,14H2,1-2H3. The van der Waals surface area contributed by atoms with Gasteiger partial charge in [-0.25, -0.2) is 4.98 Å². The Kier molecular flexibility index (Phi) is 7.32. The zero-order valence-electron chi connectivity index (χ0n) is 11.3. The van der Waals surface area contributed by atoms with Crippen LogP contribution in [-0.2, 0) is 16.0 Å². The van der Waals surface area contributed by atoms with Crippen LogP contribution >= 0.6 is 0 Å². The van der Waals surface area contributed by atoms with E-state index < -0.39 is 0 Å². The van der Waals surface area contributed by atoms with Crippen LogP contribution in [-0.4, -0.2) is 45.5 Å². The van der Waals surface area contributed by atoms with Crippen LogP contribution in [0.2, 0.25) is 0 Å². The predicted molar refractivity (Wildman–Crippen MR) is 72.7 cm³/mol. The molecule has 1 aromatic heterocycles. The van der Waals surface area contributed by atoms with Gasteiger partial charge in [0.05, 0.1) is 6.61 Å². The van der Waals surface area contributed by atoms with Crippen LogP contribution in [0.25, 0.3) is 0 Å². The summed E-state index contributed by atoms with van der Waals surface area (Å²) in [4.78, 5) is 6.59. The Bertz CT molecular complexity index is 334. The quantitative estimate of drug-likeness (QED) is 0.666. The van der Waals surface area contributed by atoms with Crippen molar-refractivity contribution in [1.29, 1.82) is 0 Å². The number of nitrogens with zero attached hydrogens (tertiary/aromatic N) is 2. The second-order valence-electron chi connectivity index (χ2n) is 4.05. The second kappa shape index (κ2) is 8.85. The van der Waals surface area contributed by atoms with E-state index >= 15 is 0 Å². The molecule has 0 bridgehead atoms. The Morgan fingerprint density at radius 1 is 1.22 bits per heavy atom. The number of aromatic nitrogens is 1. The zero-order valence-corrected chi connectivity index (χ0v) is 11.3. The summed E-state index contributed by atoms with van der Waals surface area (Å²) in [5.74, 6) is 0.950. The fraction of sp³-hybridized carbons (Fsp3) is 0.615. The monoisotopic (exact) mass is 253 g/mol. The van der Waals surface area contributed by atoms with E-state index in [1.807, 2.05) is 12.1 Å². The fourth-order valence-electron chi connectivity index (χ4n) is 1.70. The molecule has 0 aromatic carbocycles. The molecule has 0 aliphatic carbocycles. The van der Waals surface area contributed by atoms with Gasteiger partial charge in [0, 0.05) is 46.7 Å². The van der Waals surface area contributed by atoms with Gasteiger partial charge in [-0.1, -0.05) is 0 Å². The average molecular weight is 253 g/mol. The fourth-order valence-corrected chi connectivity index (χ4v) is 1.70. The minimum atomic E-state index is 0.533. The number of anilines is 1. The van der Waals surface area contributed by atoms with Gasteiger partial charge in [0.25, 0.3) is 0 Å². The zero-order chi connectivity index (χ0) is 13.2. The summed E-state index contributed by atoms with van der Waals surface area (Å²) in [6.07, 6.45) is 2.77. The van der Waals surface area contributed by atoms with Gasteiger partial charge in [0.15, 0.2) is 0 Å². The van der Waals surface area contributed by atoms with E-state index in [1.54, 1.807) is 20.4 Å². The van der Waals surface area contributed by atoms with E-state index in [4.69, 9.17) is 15.2 Å².